The molecule has 1 aromatic heterocycles. The molecule has 3 rings (SSSR count). The third kappa shape index (κ3) is 3.38. The minimum atomic E-state index is -0.304. The number of hydrogen-bond acceptors (Lipinski definition) is 6. The van der Waals surface area contributed by atoms with Crippen molar-refractivity contribution >= 4 is 5.91 Å². The minimum Gasteiger partial charge on any atom is -0.495 e. The Balaban J connectivity index is 1.62. The molecule has 0 atom stereocenters. The topological polar surface area (TPSA) is 101 Å². The van der Waals surface area contributed by atoms with E-state index in [0.717, 1.165) is 12.8 Å². The van der Waals surface area contributed by atoms with Crippen molar-refractivity contribution in [3.8, 4) is 11.8 Å². The molecule has 0 saturated heterocycles. The minimum absolute atomic E-state index is 0.184. The van der Waals surface area contributed by atoms with E-state index in [1.807, 2.05) is 6.07 Å². The van der Waals surface area contributed by atoms with E-state index in [0.29, 0.717) is 34.5 Å². The standard InChI is InChI=1S/C17H18N4O3/c1-23-14-7-6-12(8-13(14)9-18)16(22)19-10-15-20-17(24-21-15)11-4-2-3-5-11/h6-8,11H,2-5,10H2,1H3,(H,19,22). The zero-order chi connectivity index (χ0) is 16.9. The Kier molecular flexibility index (Phi) is 4.75. The highest BCUT2D eigenvalue weighted by Gasteiger charge is 2.23. The molecule has 1 saturated carbocycles. The number of ether oxygens (including phenoxy) is 1. The van der Waals surface area contributed by atoms with Crippen molar-refractivity contribution in [2.45, 2.75) is 38.1 Å². The number of nitriles is 1. The molecule has 1 aromatic carbocycles. The van der Waals surface area contributed by atoms with Crippen LogP contribution in [0.2, 0.25) is 0 Å². The van der Waals surface area contributed by atoms with Crippen molar-refractivity contribution in [2.24, 2.45) is 0 Å². The van der Waals surface area contributed by atoms with Crippen LogP contribution in [0, 0.1) is 11.3 Å². The van der Waals surface area contributed by atoms with Gasteiger partial charge in [0.1, 0.15) is 11.8 Å². The Morgan fingerprint density at radius 1 is 1.46 bits per heavy atom. The lowest BCUT2D eigenvalue weighted by atomic mass is 10.1. The second-order valence-electron chi connectivity index (χ2n) is 5.74. The third-order valence-corrected chi connectivity index (χ3v) is 4.18. The van der Waals surface area contributed by atoms with E-state index in [-0.39, 0.29) is 12.5 Å². The SMILES string of the molecule is COc1ccc(C(=O)NCc2noc(C3CCCC3)n2)cc1C#N. The summed E-state index contributed by atoms with van der Waals surface area (Å²) < 4.78 is 10.3. The average molecular weight is 326 g/mol. The molecule has 1 amide bonds. The first kappa shape index (κ1) is 16.0. The van der Waals surface area contributed by atoms with Crippen LogP contribution in [0.3, 0.4) is 0 Å². The molecule has 7 nitrogen and oxygen atoms in total. The van der Waals surface area contributed by atoms with E-state index in [9.17, 15) is 4.79 Å². The zero-order valence-corrected chi connectivity index (χ0v) is 13.4. The smallest absolute Gasteiger partial charge is 0.251 e. The molecular weight excluding hydrogens is 308 g/mol. The summed E-state index contributed by atoms with van der Waals surface area (Å²) in [6.07, 6.45) is 4.54. The fraction of sp³-hybridized carbons (Fsp3) is 0.412. The summed E-state index contributed by atoms with van der Waals surface area (Å²) in [5.74, 6) is 1.60. The Labute approximate surface area is 139 Å². The Hall–Kier alpha value is -2.88. The maximum Gasteiger partial charge on any atom is 0.251 e. The molecular formula is C17H18N4O3. The van der Waals surface area contributed by atoms with Gasteiger partial charge in [-0.25, -0.2) is 0 Å². The van der Waals surface area contributed by atoms with Gasteiger partial charge in [-0.3, -0.25) is 4.79 Å². The summed E-state index contributed by atoms with van der Waals surface area (Å²) in [5, 5.41) is 15.7. The molecule has 0 spiro atoms. The van der Waals surface area contributed by atoms with Gasteiger partial charge in [0.05, 0.1) is 19.2 Å². The molecule has 0 radical (unpaired) electrons. The zero-order valence-electron chi connectivity index (χ0n) is 13.4. The first-order valence-corrected chi connectivity index (χ1v) is 7.90. The number of aromatic nitrogens is 2. The lowest BCUT2D eigenvalue weighted by Gasteiger charge is -2.06. The largest absolute Gasteiger partial charge is 0.495 e. The molecule has 24 heavy (non-hydrogen) atoms. The first-order chi connectivity index (χ1) is 11.7. The summed E-state index contributed by atoms with van der Waals surface area (Å²) in [6.45, 7) is 0.184. The van der Waals surface area contributed by atoms with Gasteiger partial charge in [0.2, 0.25) is 5.89 Å². The number of amides is 1. The summed E-state index contributed by atoms with van der Waals surface area (Å²) in [7, 11) is 1.48. The lowest BCUT2D eigenvalue weighted by molar-refractivity contribution is 0.0949. The highest BCUT2D eigenvalue weighted by atomic mass is 16.5. The predicted octanol–water partition coefficient (Wildman–Crippen LogP) is 2.54. The first-order valence-electron chi connectivity index (χ1n) is 7.90. The van der Waals surface area contributed by atoms with Gasteiger partial charge in [-0.2, -0.15) is 10.2 Å². The molecule has 1 heterocycles. The summed E-state index contributed by atoms with van der Waals surface area (Å²) >= 11 is 0. The van der Waals surface area contributed by atoms with Gasteiger partial charge in [-0.15, -0.1) is 0 Å². The van der Waals surface area contributed by atoms with E-state index in [4.69, 9.17) is 14.5 Å². The number of nitrogens with one attached hydrogen (secondary N) is 1. The van der Waals surface area contributed by atoms with Crippen molar-refractivity contribution < 1.29 is 14.1 Å². The molecule has 1 N–H and O–H groups in total. The number of rotatable bonds is 5. The molecule has 0 aliphatic heterocycles. The van der Waals surface area contributed by atoms with Crippen LogP contribution >= 0.6 is 0 Å². The van der Waals surface area contributed by atoms with Gasteiger partial charge >= 0.3 is 0 Å². The molecule has 7 heteroatoms. The van der Waals surface area contributed by atoms with Crippen molar-refractivity contribution in [1.82, 2.24) is 15.5 Å². The number of carbonyl (C=O) groups is 1. The highest BCUT2D eigenvalue weighted by molar-refractivity contribution is 5.94. The van der Waals surface area contributed by atoms with Crippen LogP contribution in [0.1, 0.15) is 59.2 Å². The summed E-state index contributed by atoms with van der Waals surface area (Å²) in [5.41, 5.74) is 0.695. The third-order valence-electron chi connectivity index (χ3n) is 4.18. The van der Waals surface area contributed by atoms with Crippen LogP contribution in [-0.4, -0.2) is 23.2 Å². The molecule has 1 aliphatic rings. The van der Waals surface area contributed by atoms with Crippen LogP contribution in [-0.2, 0) is 6.54 Å². The number of carbonyl (C=O) groups excluding carboxylic acids is 1. The van der Waals surface area contributed by atoms with Crippen molar-refractivity contribution in [2.75, 3.05) is 7.11 Å². The normalized spacial score (nSPS) is 14.3. The Bertz CT molecular complexity index is 772. The molecule has 0 bridgehead atoms. The maximum atomic E-state index is 12.2. The van der Waals surface area contributed by atoms with E-state index < -0.39 is 0 Å². The van der Waals surface area contributed by atoms with Crippen LogP contribution in [0.25, 0.3) is 0 Å². The van der Waals surface area contributed by atoms with E-state index in [2.05, 4.69) is 15.5 Å². The van der Waals surface area contributed by atoms with Crippen molar-refractivity contribution in [1.29, 1.82) is 5.26 Å². The monoisotopic (exact) mass is 326 g/mol. The fourth-order valence-corrected chi connectivity index (χ4v) is 2.88. The van der Waals surface area contributed by atoms with Gasteiger partial charge in [0, 0.05) is 11.5 Å². The Morgan fingerprint density at radius 2 is 2.25 bits per heavy atom. The second-order valence-corrected chi connectivity index (χ2v) is 5.74. The quantitative estimate of drug-likeness (QED) is 0.906. The van der Waals surface area contributed by atoms with Crippen LogP contribution in [0.4, 0.5) is 0 Å². The van der Waals surface area contributed by atoms with Gasteiger partial charge in [0.25, 0.3) is 5.91 Å². The van der Waals surface area contributed by atoms with Gasteiger partial charge in [0.15, 0.2) is 5.82 Å². The van der Waals surface area contributed by atoms with E-state index >= 15 is 0 Å². The Morgan fingerprint density at radius 3 is 2.96 bits per heavy atom. The van der Waals surface area contributed by atoms with Gasteiger partial charge < -0.3 is 14.6 Å². The van der Waals surface area contributed by atoms with Crippen molar-refractivity contribution in [3.63, 3.8) is 0 Å². The predicted molar refractivity (Wildman–Crippen MR) is 84.4 cm³/mol. The number of methoxy groups -OCH3 is 1. The lowest BCUT2D eigenvalue weighted by Crippen LogP contribution is -2.23. The number of hydrogen-bond donors (Lipinski definition) is 1. The summed E-state index contributed by atoms with van der Waals surface area (Å²) in [6, 6.07) is 6.70. The number of nitrogens with zero attached hydrogens (tertiary/aromatic N) is 3. The van der Waals surface area contributed by atoms with Crippen LogP contribution in [0.5, 0.6) is 5.75 Å². The number of benzene rings is 1. The van der Waals surface area contributed by atoms with E-state index in [1.54, 1.807) is 12.1 Å². The van der Waals surface area contributed by atoms with Gasteiger partial charge in [-0.1, -0.05) is 18.0 Å². The molecule has 1 aliphatic carbocycles. The van der Waals surface area contributed by atoms with Crippen LogP contribution in [0.15, 0.2) is 22.7 Å². The summed E-state index contributed by atoms with van der Waals surface area (Å²) in [4.78, 5) is 16.6. The van der Waals surface area contributed by atoms with Crippen LogP contribution < -0.4 is 10.1 Å². The second kappa shape index (κ2) is 7.13. The van der Waals surface area contributed by atoms with E-state index in [1.165, 1.54) is 26.0 Å². The van der Waals surface area contributed by atoms with Crippen molar-refractivity contribution in [3.05, 3.63) is 41.0 Å². The van der Waals surface area contributed by atoms with Gasteiger partial charge in [-0.05, 0) is 31.0 Å². The molecule has 0 unspecified atom stereocenters. The highest BCUT2D eigenvalue weighted by Crippen LogP contribution is 2.32. The fourth-order valence-electron chi connectivity index (χ4n) is 2.88. The molecule has 1 fully saturated rings. The average Bonchev–Trinajstić information content (AvgIpc) is 3.30. The molecule has 2 aromatic rings. The molecule has 124 valence electrons. The maximum absolute atomic E-state index is 12.2.